The maximum atomic E-state index is 6.32. The molecule has 0 spiro atoms. The number of benzene rings is 10. The molecule has 0 amide bonds. The molecule has 2 aromatic heterocycles. The van der Waals surface area contributed by atoms with Crippen LogP contribution in [0.15, 0.2) is 229 Å². The van der Waals surface area contributed by atoms with Crippen LogP contribution in [0.1, 0.15) is 22.3 Å². The minimum absolute atomic E-state index is 0.368. The molecule has 2 heteroatoms. The highest BCUT2D eigenvalue weighted by Crippen LogP contribution is 2.56. The molecule has 0 saturated heterocycles. The van der Waals surface area contributed by atoms with Gasteiger partial charge in [0.25, 0.3) is 0 Å². The SMILES string of the molecule is c1ccc(CC2(c3ccccc3)c3ccccc3-c3ccc(-c4c5ccccc5c(-c5ccc(-c6ccc7oc8cc9ccccc9cc8c7c6)nc5)c5ccccc45)cc32)cc1. The van der Waals surface area contributed by atoms with Crippen molar-refractivity contribution < 1.29 is 4.42 Å². The number of hydrogen-bond donors (Lipinski definition) is 0. The Kier molecular flexibility index (Phi) is 7.92. The zero-order valence-electron chi connectivity index (χ0n) is 34.4. The Hall–Kier alpha value is -8.07. The third kappa shape index (κ3) is 5.48. The van der Waals surface area contributed by atoms with E-state index in [2.05, 4.69) is 225 Å². The quantitative estimate of drug-likeness (QED) is 0.157. The third-order valence-corrected chi connectivity index (χ3v) is 13.6. The summed E-state index contributed by atoms with van der Waals surface area (Å²) in [5.74, 6) is 0. The van der Waals surface area contributed by atoms with Gasteiger partial charge in [0, 0.05) is 28.1 Å². The summed E-state index contributed by atoms with van der Waals surface area (Å²) in [5, 5.41) is 9.47. The topological polar surface area (TPSA) is 26.0 Å². The molecule has 63 heavy (non-hydrogen) atoms. The van der Waals surface area contributed by atoms with Gasteiger partial charge in [0.15, 0.2) is 0 Å². The zero-order chi connectivity index (χ0) is 41.5. The van der Waals surface area contributed by atoms with Crippen molar-refractivity contribution in [2.45, 2.75) is 11.8 Å². The van der Waals surface area contributed by atoms with Crippen molar-refractivity contribution in [3.8, 4) is 44.6 Å². The summed E-state index contributed by atoms with van der Waals surface area (Å²) in [6.07, 6.45) is 2.91. The summed E-state index contributed by atoms with van der Waals surface area (Å²) < 4.78 is 6.32. The van der Waals surface area contributed by atoms with Crippen molar-refractivity contribution in [1.29, 1.82) is 0 Å². The molecule has 1 aliphatic rings. The van der Waals surface area contributed by atoms with Crippen LogP contribution in [0, 0.1) is 0 Å². The van der Waals surface area contributed by atoms with Gasteiger partial charge in [0.1, 0.15) is 11.2 Å². The first-order valence-electron chi connectivity index (χ1n) is 21.8. The van der Waals surface area contributed by atoms with Crippen LogP contribution in [-0.4, -0.2) is 4.98 Å². The normalized spacial score (nSPS) is 14.5. The van der Waals surface area contributed by atoms with E-state index in [1.165, 1.54) is 82.4 Å². The smallest absolute Gasteiger partial charge is 0.136 e. The summed E-state index contributed by atoms with van der Waals surface area (Å²) >= 11 is 0. The van der Waals surface area contributed by atoms with E-state index < -0.39 is 0 Å². The number of furan rings is 1. The summed E-state index contributed by atoms with van der Waals surface area (Å²) in [4.78, 5) is 5.15. The minimum atomic E-state index is -0.368. The number of nitrogens with zero attached hydrogens (tertiary/aromatic N) is 1. The molecule has 294 valence electrons. The van der Waals surface area contributed by atoms with Crippen molar-refractivity contribution in [2.24, 2.45) is 0 Å². The van der Waals surface area contributed by atoms with Gasteiger partial charge in [-0.05, 0) is 131 Å². The molecule has 12 aromatic rings. The average Bonchev–Trinajstić information content (AvgIpc) is 3.85. The molecule has 13 rings (SSSR count). The predicted molar refractivity (Wildman–Crippen MR) is 262 cm³/mol. The van der Waals surface area contributed by atoms with Crippen molar-refractivity contribution in [3.05, 3.63) is 247 Å². The van der Waals surface area contributed by atoms with Crippen LogP contribution in [0.4, 0.5) is 0 Å². The van der Waals surface area contributed by atoms with Crippen molar-refractivity contribution in [3.63, 3.8) is 0 Å². The summed E-state index contributed by atoms with van der Waals surface area (Å²) in [6.45, 7) is 0. The maximum absolute atomic E-state index is 6.32. The lowest BCUT2D eigenvalue weighted by Gasteiger charge is -2.33. The van der Waals surface area contributed by atoms with Gasteiger partial charge in [0.2, 0.25) is 0 Å². The first kappa shape index (κ1) is 35.7. The molecule has 0 bridgehead atoms. The van der Waals surface area contributed by atoms with Crippen LogP contribution in [0.2, 0.25) is 0 Å². The van der Waals surface area contributed by atoms with Crippen molar-refractivity contribution >= 4 is 54.3 Å². The number of pyridine rings is 1. The summed E-state index contributed by atoms with van der Waals surface area (Å²) in [7, 11) is 0. The number of fused-ring (bicyclic) bond motifs is 9. The summed E-state index contributed by atoms with van der Waals surface area (Å²) in [5.41, 5.74) is 16.1. The van der Waals surface area contributed by atoms with E-state index in [0.29, 0.717) is 0 Å². The largest absolute Gasteiger partial charge is 0.456 e. The Morgan fingerprint density at radius 2 is 0.952 bits per heavy atom. The Morgan fingerprint density at radius 1 is 0.381 bits per heavy atom. The molecule has 2 nitrogen and oxygen atoms in total. The van der Waals surface area contributed by atoms with E-state index in [1.807, 2.05) is 0 Å². The highest BCUT2D eigenvalue weighted by molar-refractivity contribution is 6.21. The van der Waals surface area contributed by atoms with Crippen molar-refractivity contribution in [1.82, 2.24) is 4.98 Å². The van der Waals surface area contributed by atoms with E-state index in [0.717, 1.165) is 45.2 Å². The molecule has 10 aromatic carbocycles. The second-order valence-electron chi connectivity index (χ2n) is 17.0. The third-order valence-electron chi connectivity index (χ3n) is 13.6. The molecule has 0 saturated carbocycles. The molecule has 1 unspecified atom stereocenters. The van der Waals surface area contributed by atoms with Crippen LogP contribution < -0.4 is 0 Å². The van der Waals surface area contributed by atoms with E-state index in [4.69, 9.17) is 9.40 Å². The predicted octanol–water partition coefficient (Wildman–Crippen LogP) is 16.0. The van der Waals surface area contributed by atoms with Crippen molar-refractivity contribution in [2.75, 3.05) is 0 Å². The van der Waals surface area contributed by atoms with E-state index >= 15 is 0 Å². The minimum Gasteiger partial charge on any atom is -0.456 e. The zero-order valence-corrected chi connectivity index (χ0v) is 34.4. The lowest BCUT2D eigenvalue weighted by Crippen LogP contribution is -2.29. The highest BCUT2D eigenvalue weighted by Gasteiger charge is 2.44. The standard InChI is InChI=1S/C61H39NO/c1-3-15-39(16-4-1)37-61(45-19-5-2-6-20-45)54-26-14-13-21-46(54)47-30-27-43(35-55(47)61)59-48-22-9-11-24-50(48)60(51-25-12-10-23-49(51)59)44-28-31-56(62-38-44)42-29-32-57-52(34-42)53-33-40-17-7-8-18-41(40)36-58(53)63-57/h1-36,38H,37H2. The maximum Gasteiger partial charge on any atom is 0.136 e. The molecule has 0 radical (unpaired) electrons. The molecular formula is C61H39NO. The van der Waals surface area contributed by atoms with Crippen LogP contribution in [-0.2, 0) is 11.8 Å². The second kappa shape index (κ2) is 14.0. The van der Waals surface area contributed by atoms with Gasteiger partial charge in [-0.2, -0.15) is 0 Å². The van der Waals surface area contributed by atoms with E-state index in [1.54, 1.807) is 0 Å². The Bertz CT molecular complexity index is 3700. The lowest BCUT2D eigenvalue weighted by molar-refractivity contribution is 0.630. The van der Waals surface area contributed by atoms with Gasteiger partial charge < -0.3 is 4.42 Å². The lowest BCUT2D eigenvalue weighted by atomic mass is 9.68. The molecule has 1 aliphatic carbocycles. The van der Waals surface area contributed by atoms with E-state index in [9.17, 15) is 0 Å². The molecular weight excluding hydrogens is 763 g/mol. The first-order valence-corrected chi connectivity index (χ1v) is 21.8. The van der Waals surface area contributed by atoms with Gasteiger partial charge in [0.05, 0.1) is 11.1 Å². The molecule has 0 fully saturated rings. The van der Waals surface area contributed by atoms with Gasteiger partial charge >= 0.3 is 0 Å². The summed E-state index contributed by atoms with van der Waals surface area (Å²) in [6, 6.07) is 79.9. The van der Waals surface area contributed by atoms with Crippen LogP contribution in [0.3, 0.4) is 0 Å². The Morgan fingerprint density at radius 3 is 1.67 bits per heavy atom. The number of aromatic nitrogens is 1. The average molecular weight is 802 g/mol. The molecule has 0 N–H and O–H groups in total. The first-order chi connectivity index (χ1) is 31.2. The number of rotatable bonds is 6. The fraction of sp³-hybridized carbons (Fsp3) is 0.0328. The van der Waals surface area contributed by atoms with Gasteiger partial charge in [-0.1, -0.05) is 176 Å². The molecule has 0 aliphatic heterocycles. The fourth-order valence-electron chi connectivity index (χ4n) is 10.8. The Labute approximate surface area is 365 Å². The Balaban J connectivity index is 0.969. The van der Waals surface area contributed by atoms with Gasteiger partial charge in [-0.15, -0.1) is 0 Å². The fourth-order valence-corrected chi connectivity index (χ4v) is 10.8. The van der Waals surface area contributed by atoms with E-state index in [-0.39, 0.29) is 5.41 Å². The van der Waals surface area contributed by atoms with Gasteiger partial charge in [-0.25, -0.2) is 0 Å². The van der Waals surface area contributed by atoms with Crippen LogP contribution in [0.5, 0.6) is 0 Å². The second-order valence-corrected chi connectivity index (χ2v) is 17.0. The molecule has 1 atom stereocenters. The number of hydrogen-bond acceptors (Lipinski definition) is 2. The van der Waals surface area contributed by atoms with Crippen LogP contribution >= 0.6 is 0 Å². The molecule has 2 heterocycles. The van der Waals surface area contributed by atoms with Crippen LogP contribution in [0.25, 0.3) is 98.9 Å². The van der Waals surface area contributed by atoms with Gasteiger partial charge in [-0.3, -0.25) is 4.98 Å². The monoisotopic (exact) mass is 801 g/mol. The highest BCUT2D eigenvalue weighted by atomic mass is 16.3.